The predicted octanol–water partition coefficient (Wildman–Crippen LogP) is 5.68. The fraction of sp³-hybridized carbons (Fsp3) is 0.448. The van der Waals surface area contributed by atoms with Crippen LogP contribution in [-0.2, 0) is 18.6 Å². The zero-order valence-corrected chi connectivity index (χ0v) is 22.5. The molecule has 36 heavy (non-hydrogen) atoms. The van der Waals surface area contributed by atoms with Gasteiger partial charge in [0.2, 0.25) is 0 Å². The van der Waals surface area contributed by atoms with Gasteiger partial charge in [-0.15, -0.1) is 5.10 Å². The van der Waals surface area contributed by atoms with E-state index in [0.29, 0.717) is 13.1 Å². The number of pyridine rings is 1. The lowest BCUT2D eigenvalue weighted by Crippen LogP contribution is -2.38. The number of tetrazole rings is 1. The first-order chi connectivity index (χ1) is 17.1. The molecular weight excluding hydrogens is 448 g/mol. The van der Waals surface area contributed by atoms with Crippen molar-refractivity contribution in [1.29, 1.82) is 0 Å². The molecule has 1 atom stereocenters. The van der Waals surface area contributed by atoms with Gasteiger partial charge in [0.05, 0.1) is 11.6 Å². The standard InChI is InChI=1S/C29H38N6O/c1-8-29(6,7)35-27(31-32-33-35)26(19(2)3)34(17-22-12-10-9-11-13-22)18-23-16-24-21(5)14-20(4)15-25(24)30-28(23)36/h9-16,19,26H,8,17-18H2,1-7H3,(H,30,36)/t26-/m1/s1. The van der Waals surface area contributed by atoms with Gasteiger partial charge in [-0.1, -0.05) is 57.2 Å². The van der Waals surface area contributed by atoms with Gasteiger partial charge in [-0.05, 0) is 79.3 Å². The SMILES string of the molecule is CCC(C)(C)n1nnnc1[C@@H](C(C)C)N(Cc1ccccc1)Cc1cc2c(C)cc(C)cc2[nH]c1=O. The van der Waals surface area contributed by atoms with E-state index in [1.807, 2.05) is 16.8 Å². The Bertz CT molecular complexity index is 1390. The fourth-order valence-corrected chi connectivity index (χ4v) is 4.97. The van der Waals surface area contributed by atoms with E-state index >= 15 is 0 Å². The number of rotatable bonds is 9. The Morgan fingerprint density at radius 2 is 1.78 bits per heavy atom. The molecule has 2 aromatic heterocycles. The van der Waals surface area contributed by atoms with Crippen molar-refractivity contribution in [2.75, 3.05) is 0 Å². The number of aryl methyl sites for hydroxylation is 2. The Hall–Kier alpha value is -3.32. The molecule has 4 rings (SSSR count). The van der Waals surface area contributed by atoms with Crippen molar-refractivity contribution in [1.82, 2.24) is 30.1 Å². The summed E-state index contributed by atoms with van der Waals surface area (Å²) in [4.78, 5) is 18.7. The third-order valence-electron chi connectivity index (χ3n) is 7.21. The largest absolute Gasteiger partial charge is 0.322 e. The van der Waals surface area contributed by atoms with Gasteiger partial charge >= 0.3 is 0 Å². The summed E-state index contributed by atoms with van der Waals surface area (Å²) in [5.74, 6) is 1.05. The number of nitrogens with zero attached hydrogens (tertiary/aromatic N) is 5. The van der Waals surface area contributed by atoms with E-state index in [1.54, 1.807) is 0 Å². The highest BCUT2D eigenvalue weighted by Gasteiger charge is 2.33. The minimum atomic E-state index is -0.222. The van der Waals surface area contributed by atoms with E-state index in [2.05, 4.69) is 110 Å². The Kier molecular flexibility index (Phi) is 7.41. The van der Waals surface area contributed by atoms with Gasteiger partial charge < -0.3 is 4.98 Å². The first-order valence-electron chi connectivity index (χ1n) is 12.8. The number of nitrogens with one attached hydrogen (secondary N) is 1. The number of fused-ring (bicyclic) bond motifs is 1. The van der Waals surface area contributed by atoms with Crippen LogP contribution in [-0.4, -0.2) is 30.1 Å². The molecule has 0 amide bonds. The van der Waals surface area contributed by atoms with E-state index < -0.39 is 0 Å². The van der Waals surface area contributed by atoms with Gasteiger partial charge in [0.25, 0.3) is 5.56 Å². The number of aromatic nitrogens is 5. The number of benzene rings is 2. The summed E-state index contributed by atoms with van der Waals surface area (Å²) >= 11 is 0. The second kappa shape index (κ2) is 10.3. The molecule has 0 spiro atoms. The molecule has 4 aromatic rings. The number of aromatic amines is 1. The molecule has 0 aliphatic heterocycles. The van der Waals surface area contributed by atoms with Gasteiger partial charge in [0.1, 0.15) is 0 Å². The molecule has 2 heterocycles. The maximum Gasteiger partial charge on any atom is 0.252 e. The van der Waals surface area contributed by atoms with Crippen LogP contribution in [0.15, 0.2) is 53.3 Å². The molecular formula is C29H38N6O. The molecule has 1 N–H and O–H groups in total. The normalized spacial score (nSPS) is 13.1. The average molecular weight is 487 g/mol. The highest BCUT2D eigenvalue weighted by Crippen LogP contribution is 2.33. The van der Waals surface area contributed by atoms with Gasteiger partial charge in [0.15, 0.2) is 5.82 Å². The summed E-state index contributed by atoms with van der Waals surface area (Å²) < 4.78 is 1.97. The van der Waals surface area contributed by atoms with Crippen molar-refractivity contribution in [3.8, 4) is 0 Å². The zero-order valence-electron chi connectivity index (χ0n) is 22.5. The molecule has 0 radical (unpaired) electrons. The molecule has 0 aliphatic carbocycles. The quantitative estimate of drug-likeness (QED) is 0.329. The van der Waals surface area contributed by atoms with E-state index in [-0.39, 0.29) is 23.1 Å². The van der Waals surface area contributed by atoms with Crippen LogP contribution in [0.1, 0.15) is 75.2 Å². The predicted molar refractivity (Wildman–Crippen MR) is 145 cm³/mol. The summed E-state index contributed by atoms with van der Waals surface area (Å²) in [7, 11) is 0. The lowest BCUT2D eigenvalue weighted by molar-refractivity contribution is 0.118. The van der Waals surface area contributed by atoms with Gasteiger partial charge in [-0.25, -0.2) is 4.68 Å². The summed E-state index contributed by atoms with van der Waals surface area (Å²) in [6, 6.07) is 16.5. The van der Waals surface area contributed by atoms with E-state index in [4.69, 9.17) is 0 Å². The highest BCUT2D eigenvalue weighted by molar-refractivity contribution is 5.83. The van der Waals surface area contributed by atoms with Crippen LogP contribution in [0, 0.1) is 19.8 Å². The topological polar surface area (TPSA) is 79.7 Å². The fourth-order valence-electron chi connectivity index (χ4n) is 4.97. The van der Waals surface area contributed by atoms with Gasteiger partial charge in [-0.3, -0.25) is 9.69 Å². The number of H-pyrrole nitrogens is 1. The summed E-state index contributed by atoms with van der Waals surface area (Å²) in [5.41, 5.74) is 4.82. The van der Waals surface area contributed by atoms with Crippen molar-refractivity contribution >= 4 is 10.9 Å². The maximum absolute atomic E-state index is 13.3. The maximum atomic E-state index is 13.3. The van der Waals surface area contributed by atoms with Crippen molar-refractivity contribution in [2.45, 2.75) is 79.6 Å². The first-order valence-corrected chi connectivity index (χ1v) is 12.8. The van der Waals surface area contributed by atoms with Crippen molar-refractivity contribution in [3.05, 3.63) is 87.0 Å². The molecule has 0 fully saturated rings. The Morgan fingerprint density at radius 3 is 2.44 bits per heavy atom. The van der Waals surface area contributed by atoms with Crippen LogP contribution in [0.5, 0.6) is 0 Å². The second-order valence-corrected chi connectivity index (χ2v) is 10.9. The summed E-state index contributed by atoms with van der Waals surface area (Å²) in [6.07, 6.45) is 0.900. The molecule has 2 aromatic carbocycles. The van der Waals surface area contributed by atoms with Crippen LogP contribution in [0.25, 0.3) is 10.9 Å². The molecule has 7 nitrogen and oxygen atoms in total. The molecule has 0 saturated carbocycles. The van der Waals surface area contributed by atoms with Crippen LogP contribution in [0.2, 0.25) is 0 Å². The van der Waals surface area contributed by atoms with Crippen LogP contribution in [0.3, 0.4) is 0 Å². The second-order valence-electron chi connectivity index (χ2n) is 10.9. The molecule has 0 aliphatic rings. The van der Waals surface area contributed by atoms with Crippen molar-refractivity contribution < 1.29 is 0 Å². The zero-order chi connectivity index (χ0) is 26.0. The Balaban J connectivity index is 1.83. The van der Waals surface area contributed by atoms with E-state index in [9.17, 15) is 4.79 Å². The van der Waals surface area contributed by atoms with Crippen LogP contribution < -0.4 is 5.56 Å². The van der Waals surface area contributed by atoms with Crippen molar-refractivity contribution in [3.63, 3.8) is 0 Å². The van der Waals surface area contributed by atoms with Gasteiger partial charge in [0, 0.05) is 29.6 Å². The molecule has 0 unspecified atom stereocenters. The molecule has 0 bridgehead atoms. The number of hydrogen-bond donors (Lipinski definition) is 1. The third-order valence-corrected chi connectivity index (χ3v) is 7.21. The van der Waals surface area contributed by atoms with Gasteiger partial charge in [-0.2, -0.15) is 0 Å². The van der Waals surface area contributed by atoms with Crippen molar-refractivity contribution in [2.24, 2.45) is 5.92 Å². The number of hydrogen-bond acceptors (Lipinski definition) is 5. The Morgan fingerprint density at radius 1 is 1.06 bits per heavy atom. The minimum Gasteiger partial charge on any atom is -0.322 e. The van der Waals surface area contributed by atoms with Crippen LogP contribution in [0.4, 0.5) is 0 Å². The van der Waals surface area contributed by atoms with E-state index in [0.717, 1.165) is 39.8 Å². The molecule has 190 valence electrons. The molecule has 7 heteroatoms. The monoisotopic (exact) mass is 486 g/mol. The summed E-state index contributed by atoms with van der Waals surface area (Å²) in [5, 5.41) is 14.1. The lowest BCUT2D eigenvalue weighted by Gasteiger charge is -2.35. The summed E-state index contributed by atoms with van der Waals surface area (Å²) in [6.45, 7) is 16.2. The first kappa shape index (κ1) is 25.8. The smallest absolute Gasteiger partial charge is 0.252 e. The Labute approximate surface area is 213 Å². The molecule has 0 saturated heterocycles. The van der Waals surface area contributed by atoms with Crippen LogP contribution >= 0.6 is 0 Å². The average Bonchev–Trinajstić information content (AvgIpc) is 3.30. The minimum absolute atomic E-state index is 0.0541. The lowest BCUT2D eigenvalue weighted by atomic mass is 9.96. The van der Waals surface area contributed by atoms with E-state index in [1.165, 1.54) is 5.56 Å². The highest BCUT2D eigenvalue weighted by atomic mass is 16.1. The third kappa shape index (κ3) is 5.26.